The average molecular weight is 182 g/mol. The molecule has 0 aromatic heterocycles. The van der Waals surface area contributed by atoms with Crippen LogP contribution in [0.15, 0.2) is 24.8 Å². The van der Waals surface area contributed by atoms with E-state index < -0.39 is 0 Å². The lowest BCUT2D eigenvalue weighted by atomic mass is 9.94. The molecule has 0 bridgehead atoms. The lowest BCUT2D eigenvalue weighted by molar-refractivity contribution is -0.115. The standard InChI is InChI=1S/C11H18O2/c1-5-6-7-9(2)11(13-4)10(3)8-12/h5-11H,1H2,2-4H3/b7-6+. The molecule has 0 spiro atoms. The fraction of sp³-hybridized carbons (Fsp3) is 0.545. The molecule has 0 aromatic carbocycles. The lowest BCUT2D eigenvalue weighted by Gasteiger charge is -2.22. The molecule has 13 heavy (non-hydrogen) atoms. The molecule has 3 unspecified atom stereocenters. The van der Waals surface area contributed by atoms with E-state index in [-0.39, 0.29) is 17.9 Å². The number of carbonyl (C=O) groups is 1. The molecule has 0 aliphatic heterocycles. The molecule has 0 amide bonds. The van der Waals surface area contributed by atoms with Gasteiger partial charge in [0.1, 0.15) is 6.29 Å². The molecule has 0 fully saturated rings. The van der Waals surface area contributed by atoms with E-state index in [1.165, 1.54) is 0 Å². The Hall–Kier alpha value is -0.890. The minimum absolute atomic E-state index is 0.0475. The highest BCUT2D eigenvalue weighted by molar-refractivity contribution is 5.54. The quantitative estimate of drug-likeness (QED) is 0.465. The van der Waals surface area contributed by atoms with Gasteiger partial charge in [0.15, 0.2) is 0 Å². The van der Waals surface area contributed by atoms with Gasteiger partial charge in [-0.1, -0.05) is 38.7 Å². The third kappa shape index (κ3) is 4.04. The summed E-state index contributed by atoms with van der Waals surface area (Å²) in [6, 6.07) is 0. The highest BCUT2D eigenvalue weighted by Gasteiger charge is 2.20. The van der Waals surface area contributed by atoms with Crippen LogP contribution < -0.4 is 0 Å². The Labute approximate surface area is 80.3 Å². The fourth-order valence-corrected chi connectivity index (χ4v) is 1.35. The topological polar surface area (TPSA) is 26.3 Å². The Kier molecular flexibility index (Phi) is 6.15. The van der Waals surface area contributed by atoms with Gasteiger partial charge in [0.25, 0.3) is 0 Å². The molecule has 74 valence electrons. The van der Waals surface area contributed by atoms with E-state index in [9.17, 15) is 4.79 Å². The van der Waals surface area contributed by atoms with Crippen LogP contribution in [0, 0.1) is 11.8 Å². The third-order valence-electron chi connectivity index (χ3n) is 2.07. The summed E-state index contributed by atoms with van der Waals surface area (Å²) in [4.78, 5) is 10.6. The van der Waals surface area contributed by atoms with Crippen LogP contribution in [0.4, 0.5) is 0 Å². The van der Waals surface area contributed by atoms with E-state index in [0.717, 1.165) is 6.29 Å². The van der Waals surface area contributed by atoms with E-state index >= 15 is 0 Å². The van der Waals surface area contributed by atoms with Crippen molar-refractivity contribution in [1.29, 1.82) is 0 Å². The maximum atomic E-state index is 10.6. The second-order valence-electron chi connectivity index (χ2n) is 3.18. The van der Waals surface area contributed by atoms with Crippen LogP contribution in [0.3, 0.4) is 0 Å². The Morgan fingerprint density at radius 3 is 2.31 bits per heavy atom. The normalized spacial score (nSPS) is 18.1. The van der Waals surface area contributed by atoms with Crippen molar-refractivity contribution in [3.63, 3.8) is 0 Å². The molecule has 0 aliphatic rings. The monoisotopic (exact) mass is 182 g/mol. The molecule has 0 N–H and O–H groups in total. The smallest absolute Gasteiger partial charge is 0.125 e. The van der Waals surface area contributed by atoms with Crippen molar-refractivity contribution in [2.45, 2.75) is 20.0 Å². The lowest BCUT2D eigenvalue weighted by Crippen LogP contribution is -2.27. The fourth-order valence-electron chi connectivity index (χ4n) is 1.35. The van der Waals surface area contributed by atoms with Crippen molar-refractivity contribution in [1.82, 2.24) is 0 Å². The largest absolute Gasteiger partial charge is 0.380 e. The van der Waals surface area contributed by atoms with Crippen LogP contribution >= 0.6 is 0 Å². The number of hydrogen-bond acceptors (Lipinski definition) is 2. The van der Waals surface area contributed by atoms with E-state index in [4.69, 9.17) is 4.74 Å². The van der Waals surface area contributed by atoms with Gasteiger partial charge in [0.2, 0.25) is 0 Å². The van der Waals surface area contributed by atoms with Crippen molar-refractivity contribution in [3.8, 4) is 0 Å². The van der Waals surface area contributed by atoms with Crippen LogP contribution in [0.25, 0.3) is 0 Å². The minimum atomic E-state index is -0.0746. The highest BCUT2D eigenvalue weighted by atomic mass is 16.5. The van der Waals surface area contributed by atoms with Gasteiger partial charge in [0.05, 0.1) is 6.10 Å². The predicted molar refractivity (Wildman–Crippen MR) is 54.5 cm³/mol. The Bertz CT molecular complexity index is 185. The molecular formula is C11H18O2. The first-order valence-electron chi connectivity index (χ1n) is 4.44. The summed E-state index contributed by atoms with van der Waals surface area (Å²) in [5.41, 5.74) is 0. The number of ether oxygens (including phenoxy) is 1. The van der Waals surface area contributed by atoms with Gasteiger partial charge in [-0.3, -0.25) is 0 Å². The van der Waals surface area contributed by atoms with Gasteiger partial charge in [0, 0.05) is 18.9 Å². The first-order valence-corrected chi connectivity index (χ1v) is 4.44. The Morgan fingerprint density at radius 2 is 1.92 bits per heavy atom. The number of allylic oxidation sites excluding steroid dienone is 2. The van der Waals surface area contributed by atoms with Crippen molar-refractivity contribution < 1.29 is 9.53 Å². The van der Waals surface area contributed by atoms with Crippen LogP contribution in [0.5, 0.6) is 0 Å². The van der Waals surface area contributed by atoms with Crippen molar-refractivity contribution in [2.75, 3.05) is 7.11 Å². The van der Waals surface area contributed by atoms with Crippen LogP contribution in [-0.2, 0) is 9.53 Å². The summed E-state index contributed by atoms with van der Waals surface area (Å²) < 4.78 is 5.25. The average Bonchev–Trinajstić information content (AvgIpc) is 2.15. The third-order valence-corrected chi connectivity index (χ3v) is 2.07. The molecule has 0 saturated carbocycles. The van der Waals surface area contributed by atoms with Crippen molar-refractivity contribution in [3.05, 3.63) is 24.8 Å². The highest BCUT2D eigenvalue weighted by Crippen LogP contribution is 2.15. The summed E-state index contributed by atoms with van der Waals surface area (Å²) in [5, 5.41) is 0. The van der Waals surface area contributed by atoms with Crippen molar-refractivity contribution >= 4 is 6.29 Å². The molecule has 0 saturated heterocycles. The van der Waals surface area contributed by atoms with Gasteiger partial charge >= 0.3 is 0 Å². The maximum Gasteiger partial charge on any atom is 0.125 e. The summed E-state index contributed by atoms with van der Waals surface area (Å²) in [6.45, 7) is 7.47. The molecule has 0 aliphatic carbocycles. The van der Waals surface area contributed by atoms with E-state index in [2.05, 4.69) is 6.58 Å². The van der Waals surface area contributed by atoms with E-state index in [0.29, 0.717) is 0 Å². The zero-order valence-electron chi connectivity index (χ0n) is 8.57. The SMILES string of the molecule is C=C/C=C/C(C)C(OC)C(C)C=O. The van der Waals surface area contributed by atoms with Gasteiger partial charge in [-0.2, -0.15) is 0 Å². The zero-order chi connectivity index (χ0) is 10.3. The Balaban J connectivity index is 4.29. The molecule has 0 heterocycles. The Morgan fingerprint density at radius 1 is 1.31 bits per heavy atom. The maximum absolute atomic E-state index is 10.6. The number of hydrogen-bond donors (Lipinski definition) is 0. The molecule has 0 rings (SSSR count). The number of aldehydes is 1. The summed E-state index contributed by atoms with van der Waals surface area (Å²) in [7, 11) is 1.63. The molecule has 3 atom stereocenters. The van der Waals surface area contributed by atoms with Crippen LogP contribution in [0.1, 0.15) is 13.8 Å². The molecule has 0 aromatic rings. The zero-order valence-corrected chi connectivity index (χ0v) is 8.57. The molecule has 2 heteroatoms. The first kappa shape index (κ1) is 12.1. The van der Waals surface area contributed by atoms with E-state index in [1.807, 2.05) is 26.0 Å². The molecule has 2 nitrogen and oxygen atoms in total. The summed E-state index contributed by atoms with van der Waals surface area (Å²) in [5.74, 6) is 0.151. The van der Waals surface area contributed by atoms with Gasteiger partial charge in [-0.15, -0.1) is 0 Å². The van der Waals surface area contributed by atoms with Gasteiger partial charge in [-0.05, 0) is 0 Å². The summed E-state index contributed by atoms with van der Waals surface area (Å²) >= 11 is 0. The molecule has 0 radical (unpaired) electrons. The van der Waals surface area contributed by atoms with Crippen LogP contribution in [-0.4, -0.2) is 19.5 Å². The second-order valence-corrected chi connectivity index (χ2v) is 3.18. The number of carbonyl (C=O) groups excluding carboxylic acids is 1. The van der Waals surface area contributed by atoms with Gasteiger partial charge in [-0.25, -0.2) is 0 Å². The number of rotatable bonds is 6. The summed E-state index contributed by atoms with van der Waals surface area (Å²) in [6.07, 6.45) is 6.45. The van der Waals surface area contributed by atoms with Crippen molar-refractivity contribution in [2.24, 2.45) is 11.8 Å². The first-order chi connectivity index (χ1) is 6.17. The number of methoxy groups -OCH3 is 1. The molecular weight excluding hydrogens is 164 g/mol. The van der Waals surface area contributed by atoms with Crippen LogP contribution in [0.2, 0.25) is 0 Å². The minimum Gasteiger partial charge on any atom is -0.380 e. The second kappa shape index (κ2) is 6.61. The van der Waals surface area contributed by atoms with E-state index in [1.54, 1.807) is 13.2 Å². The van der Waals surface area contributed by atoms with Gasteiger partial charge < -0.3 is 9.53 Å². The predicted octanol–water partition coefficient (Wildman–Crippen LogP) is 2.21.